The summed E-state index contributed by atoms with van der Waals surface area (Å²) in [5.41, 5.74) is -0.0543. The molecule has 0 aliphatic heterocycles. The largest absolute Gasteiger partial charge is 0.308 e. The van der Waals surface area contributed by atoms with Crippen molar-refractivity contribution in [3.05, 3.63) is 39.1 Å². The predicted octanol–water partition coefficient (Wildman–Crippen LogP) is 2.75. The molecule has 1 heterocycles. The summed E-state index contributed by atoms with van der Waals surface area (Å²) in [5, 5.41) is 22.8. The number of non-ortho nitro benzene ring substituents is 1. The van der Waals surface area contributed by atoms with E-state index in [1.54, 1.807) is 0 Å². The average molecular weight is 296 g/mol. The molecule has 20 heavy (non-hydrogen) atoms. The summed E-state index contributed by atoms with van der Waals surface area (Å²) >= 11 is 1.26. The second kappa shape index (κ2) is 6.02. The zero-order chi connectivity index (χ0) is 14.7. The molecule has 0 fully saturated rings. The van der Waals surface area contributed by atoms with Crippen LogP contribution >= 0.6 is 11.3 Å². The normalized spacial score (nSPS) is 11.0. The molecule has 1 aromatic carbocycles. The molecule has 1 N–H and O–H groups in total. The van der Waals surface area contributed by atoms with Gasteiger partial charge < -0.3 is 5.32 Å². The molecule has 0 saturated carbocycles. The molecular formula is C12H13FN4O2S. The first-order valence-electron chi connectivity index (χ1n) is 5.97. The van der Waals surface area contributed by atoms with Gasteiger partial charge in [-0.25, -0.2) is 4.39 Å². The number of hydrogen-bond donors (Lipinski definition) is 1. The molecular weight excluding hydrogens is 283 g/mol. The molecule has 0 radical (unpaired) electrons. The Balaban J connectivity index is 2.21. The summed E-state index contributed by atoms with van der Waals surface area (Å²) in [7, 11) is 0. The number of aromatic nitrogens is 2. The lowest BCUT2D eigenvalue weighted by Crippen LogP contribution is -2.21. The zero-order valence-electron chi connectivity index (χ0n) is 11.0. The van der Waals surface area contributed by atoms with Crippen molar-refractivity contribution in [1.82, 2.24) is 15.5 Å². The molecule has 0 aliphatic rings. The Labute approximate surface area is 118 Å². The third-order valence-electron chi connectivity index (χ3n) is 2.52. The maximum atomic E-state index is 13.8. The van der Waals surface area contributed by atoms with Crippen LogP contribution in [0.1, 0.15) is 18.9 Å². The minimum absolute atomic E-state index is 0.226. The molecule has 0 aliphatic carbocycles. The van der Waals surface area contributed by atoms with E-state index < -0.39 is 10.7 Å². The van der Waals surface area contributed by atoms with Crippen molar-refractivity contribution in [3.8, 4) is 10.6 Å². The molecule has 0 bridgehead atoms. The van der Waals surface area contributed by atoms with E-state index in [0.717, 1.165) is 11.1 Å². The van der Waals surface area contributed by atoms with Crippen LogP contribution in [0.25, 0.3) is 10.6 Å². The molecule has 1 aromatic heterocycles. The topological polar surface area (TPSA) is 81.0 Å². The maximum absolute atomic E-state index is 13.8. The van der Waals surface area contributed by atoms with Crippen LogP contribution in [0.2, 0.25) is 0 Å². The number of halogens is 1. The van der Waals surface area contributed by atoms with E-state index in [4.69, 9.17) is 0 Å². The van der Waals surface area contributed by atoms with Crippen molar-refractivity contribution in [1.29, 1.82) is 0 Å². The Kier molecular flexibility index (Phi) is 4.35. The van der Waals surface area contributed by atoms with E-state index in [0.29, 0.717) is 17.6 Å². The fourth-order valence-corrected chi connectivity index (χ4v) is 2.33. The zero-order valence-corrected chi connectivity index (χ0v) is 11.8. The van der Waals surface area contributed by atoms with Gasteiger partial charge in [-0.05, 0) is 6.07 Å². The molecule has 106 valence electrons. The molecule has 0 unspecified atom stereocenters. The Bertz CT molecular complexity index is 630. The SMILES string of the molecule is CC(C)NCc1nnc(-c2ccc([N+](=O)[O-])cc2F)s1. The van der Waals surface area contributed by atoms with Gasteiger partial charge in [0.05, 0.1) is 11.0 Å². The Morgan fingerprint density at radius 3 is 2.80 bits per heavy atom. The monoisotopic (exact) mass is 296 g/mol. The van der Waals surface area contributed by atoms with E-state index in [1.165, 1.54) is 23.5 Å². The van der Waals surface area contributed by atoms with Gasteiger partial charge in [0, 0.05) is 24.2 Å². The van der Waals surface area contributed by atoms with Gasteiger partial charge in [0.1, 0.15) is 10.8 Å². The first kappa shape index (κ1) is 14.5. The van der Waals surface area contributed by atoms with Gasteiger partial charge >= 0.3 is 0 Å². The molecule has 6 nitrogen and oxygen atoms in total. The van der Waals surface area contributed by atoms with Gasteiger partial charge in [0.15, 0.2) is 5.01 Å². The van der Waals surface area contributed by atoms with Crippen LogP contribution in [0, 0.1) is 15.9 Å². The fourth-order valence-electron chi connectivity index (χ4n) is 1.52. The number of nitrogens with one attached hydrogen (secondary N) is 1. The van der Waals surface area contributed by atoms with Crippen molar-refractivity contribution in [2.75, 3.05) is 0 Å². The summed E-state index contributed by atoms with van der Waals surface area (Å²) < 4.78 is 13.8. The van der Waals surface area contributed by atoms with Gasteiger partial charge in [-0.1, -0.05) is 25.2 Å². The second-order valence-electron chi connectivity index (χ2n) is 4.46. The summed E-state index contributed by atoms with van der Waals surface area (Å²) in [4.78, 5) is 9.93. The van der Waals surface area contributed by atoms with Gasteiger partial charge in [-0.3, -0.25) is 10.1 Å². The Morgan fingerprint density at radius 1 is 1.45 bits per heavy atom. The first-order valence-corrected chi connectivity index (χ1v) is 6.79. The Morgan fingerprint density at radius 2 is 2.20 bits per heavy atom. The highest BCUT2D eigenvalue weighted by atomic mass is 32.1. The average Bonchev–Trinajstić information content (AvgIpc) is 2.84. The minimum atomic E-state index is -0.668. The third-order valence-corrected chi connectivity index (χ3v) is 3.48. The van der Waals surface area contributed by atoms with Crippen molar-refractivity contribution in [2.45, 2.75) is 26.4 Å². The molecule has 8 heteroatoms. The maximum Gasteiger partial charge on any atom is 0.272 e. The lowest BCUT2D eigenvalue weighted by Gasteiger charge is -2.03. The van der Waals surface area contributed by atoms with Crippen molar-refractivity contribution in [3.63, 3.8) is 0 Å². The summed E-state index contributed by atoms with van der Waals surface area (Å²) in [5.74, 6) is -0.668. The third kappa shape index (κ3) is 3.34. The Hall–Kier alpha value is -1.93. The summed E-state index contributed by atoms with van der Waals surface area (Å²) in [6, 6.07) is 3.82. The first-order chi connectivity index (χ1) is 9.47. The highest BCUT2D eigenvalue weighted by Crippen LogP contribution is 2.28. The van der Waals surface area contributed by atoms with Crippen LogP contribution < -0.4 is 5.32 Å². The highest BCUT2D eigenvalue weighted by molar-refractivity contribution is 7.14. The standard InChI is InChI=1S/C12H13FN4O2S/c1-7(2)14-6-11-15-16-12(20-11)9-4-3-8(17(18)19)5-10(9)13/h3-5,7,14H,6H2,1-2H3. The van der Waals surface area contributed by atoms with E-state index in [1.807, 2.05) is 13.8 Å². The number of nitrogens with zero attached hydrogens (tertiary/aromatic N) is 3. The summed E-state index contributed by atoms with van der Waals surface area (Å²) in [6.45, 7) is 4.58. The lowest BCUT2D eigenvalue weighted by molar-refractivity contribution is -0.385. The van der Waals surface area contributed by atoms with Gasteiger partial charge in [0.2, 0.25) is 0 Å². The number of nitro benzene ring substituents is 1. The van der Waals surface area contributed by atoms with Crippen LogP contribution in [-0.4, -0.2) is 21.2 Å². The molecule has 0 saturated heterocycles. The van der Waals surface area contributed by atoms with Crippen LogP contribution in [0.4, 0.5) is 10.1 Å². The molecule has 0 amide bonds. The van der Waals surface area contributed by atoms with Crippen molar-refractivity contribution in [2.24, 2.45) is 0 Å². The van der Waals surface area contributed by atoms with Crippen LogP contribution in [0.5, 0.6) is 0 Å². The van der Waals surface area contributed by atoms with E-state index in [9.17, 15) is 14.5 Å². The van der Waals surface area contributed by atoms with Crippen LogP contribution in [0.15, 0.2) is 18.2 Å². The number of benzene rings is 1. The van der Waals surface area contributed by atoms with Crippen LogP contribution in [-0.2, 0) is 6.54 Å². The minimum Gasteiger partial charge on any atom is -0.308 e. The summed E-state index contributed by atoms with van der Waals surface area (Å²) in [6.07, 6.45) is 0. The van der Waals surface area contributed by atoms with E-state index >= 15 is 0 Å². The fraction of sp³-hybridized carbons (Fsp3) is 0.333. The van der Waals surface area contributed by atoms with Gasteiger partial charge in [-0.15, -0.1) is 10.2 Å². The number of nitro groups is 1. The molecule has 2 aromatic rings. The number of hydrogen-bond acceptors (Lipinski definition) is 6. The lowest BCUT2D eigenvalue weighted by atomic mass is 10.2. The molecule has 2 rings (SSSR count). The van der Waals surface area contributed by atoms with Gasteiger partial charge in [0.25, 0.3) is 5.69 Å². The van der Waals surface area contributed by atoms with E-state index in [2.05, 4.69) is 15.5 Å². The molecule has 0 spiro atoms. The predicted molar refractivity (Wildman–Crippen MR) is 73.9 cm³/mol. The highest BCUT2D eigenvalue weighted by Gasteiger charge is 2.15. The van der Waals surface area contributed by atoms with Gasteiger partial charge in [-0.2, -0.15) is 0 Å². The molecule has 0 atom stereocenters. The van der Waals surface area contributed by atoms with E-state index in [-0.39, 0.29) is 11.3 Å². The number of rotatable bonds is 5. The second-order valence-corrected chi connectivity index (χ2v) is 5.52. The van der Waals surface area contributed by atoms with Crippen molar-refractivity contribution >= 4 is 17.0 Å². The van der Waals surface area contributed by atoms with Crippen LogP contribution in [0.3, 0.4) is 0 Å². The quantitative estimate of drug-likeness (QED) is 0.677. The smallest absolute Gasteiger partial charge is 0.272 e. The van der Waals surface area contributed by atoms with Crippen molar-refractivity contribution < 1.29 is 9.31 Å².